The molecule has 1 aromatic rings. The molecule has 1 aromatic carbocycles. The van der Waals surface area contributed by atoms with Crippen LogP contribution in [0.25, 0.3) is 0 Å². The van der Waals surface area contributed by atoms with Crippen LogP contribution in [0, 0.1) is 6.92 Å². The van der Waals surface area contributed by atoms with Crippen LogP contribution in [0.1, 0.15) is 5.56 Å². The Kier molecular flexibility index (Phi) is 5.83. The summed E-state index contributed by atoms with van der Waals surface area (Å²) in [7, 11) is 0. The van der Waals surface area contributed by atoms with Crippen LogP contribution in [0.2, 0.25) is 0 Å². The summed E-state index contributed by atoms with van der Waals surface area (Å²) in [6.45, 7) is 6.73. The van der Waals surface area contributed by atoms with Gasteiger partial charge >= 0.3 is 5.97 Å². The first-order valence-corrected chi connectivity index (χ1v) is 7.01. The molecule has 0 bridgehead atoms. The number of morpholine rings is 1. The number of hydrogen-bond donors (Lipinski definition) is 1. The van der Waals surface area contributed by atoms with Crippen LogP contribution in [0.4, 0.5) is 0 Å². The summed E-state index contributed by atoms with van der Waals surface area (Å²) in [5, 5.41) is 0. The molecule has 0 unspecified atom stereocenters. The highest BCUT2D eigenvalue weighted by atomic mass is 16.6. The Labute approximate surface area is 119 Å². The van der Waals surface area contributed by atoms with Crippen LogP contribution in [0.15, 0.2) is 24.3 Å². The minimum absolute atomic E-state index is 0.0384. The van der Waals surface area contributed by atoms with Crippen molar-refractivity contribution in [3.05, 3.63) is 29.8 Å². The Balaban J connectivity index is 1.62. The fourth-order valence-corrected chi connectivity index (χ4v) is 2.12. The van der Waals surface area contributed by atoms with Crippen molar-refractivity contribution in [3.8, 4) is 5.75 Å². The third-order valence-corrected chi connectivity index (χ3v) is 3.36. The standard InChI is InChI=1S/C15H21NO4/c1-13-4-2-3-5-14(13)20-12-15(17)19-11-8-16-6-9-18-10-7-16/h2-5H,6-12H2,1H3/p+1. The Morgan fingerprint density at radius 2 is 2.05 bits per heavy atom. The van der Waals surface area contributed by atoms with Crippen LogP contribution in [-0.2, 0) is 14.3 Å². The number of benzene rings is 1. The summed E-state index contributed by atoms with van der Waals surface area (Å²) in [6.07, 6.45) is 0. The quantitative estimate of drug-likeness (QED) is 0.735. The van der Waals surface area contributed by atoms with Crippen LogP contribution in [0.3, 0.4) is 0 Å². The van der Waals surface area contributed by atoms with E-state index >= 15 is 0 Å². The van der Waals surface area contributed by atoms with Crippen molar-refractivity contribution in [1.82, 2.24) is 0 Å². The first-order chi connectivity index (χ1) is 9.75. The fraction of sp³-hybridized carbons (Fsp3) is 0.533. The van der Waals surface area contributed by atoms with Gasteiger partial charge in [-0.3, -0.25) is 0 Å². The minimum atomic E-state index is -0.319. The molecule has 0 spiro atoms. The highest BCUT2D eigenvalue weighted by Gasteiger charge is 2.14. The van der Waals surface area contributed by atoms with Crippen LogP contribution >= 0.6 is 0 Å². The topological polar surface area (TPSA) is 49.2 Å². The van der Waals surface area contributed by atoms with Crippen molar-refractivity contribution in [2.75, 3.05) is 46.1 Å². The molecule has 1 N–H and O–H groups in total. The summed E-state index contributed by atoms with van der Waals surface area (Å²) < 4.78 is 15.9. The van der Waals surface area contributed by atoms with Gasteiger partial charge in [0.25, 0.3) is 0 Å². The van der Waals surface area contributed by atoms with Crippen molar-refractivity contribution < 1.29 is 23.9 Å². The van der Waals surface area contributed by atoms with E-state index in [1.165, 1.54) is 4.90 Å². The van der Waals surface area contributed by atoms with E-state index < -0.39 is 0 Å². The zero-order valence-electron chi connectivity index (χ0n) is 11.9. The zero-order valence-corrected chi connectivity index (χ0v) is 11.9. The minimum Gasteiger partial charge on any atom is -0.482 e. The van der Waals surface area contributed by atoms with Crippen molar-refractivity contribution in [3.63, 3.8) is 0 Å². The summed E-state index contributed by atoms with van der Waals surface area (Å²) in [6, 6.07) is 7.62. The lowest BCUT2D eigenvalue weighted by Crippen LogP contribution is -3.14. The molecule has 20 heavy (non-hydrogen) atoms. The molecule has 0 aromatic heterocycles. The number of esters is 1. The molecule has 1 aliphatic heterocycles. The molecule has 1 aliphatic rings. The molecule has 1 saturated heterocycles. The van der Waals surface area contributed by atoms with Gasteiger partial charge < -0.3 is 19.1 Å². The van der Waals surface area contributed by atoms with Crippen molar-refractivity contribution in [2.45, 2.75) is 6.92 Å². The van der Waals surface area contributed by atoms with Crippen molar-refractivity contribution >= 4 is 5.97 Å². The molecule has 5 heteroatoms. The first-order valence-electron chi connectivity index (χ1n) is 7.01. The predicted octanol–water partition coefficient (Wildman–Crippen LogP) is -0.168. The molecule has 0 radical (unpaired) electrons. The zero-order chi connectivity index (χ0) is 14.2. The molecule has 5 nitrogen and oxygen atoms in total. The van der Waals surface area contributed by atoms with Gasteiger partial charge in [-0.2, -0.15) is 0 Å². The molecule has 0 saturated carbocycles. The number of para-hydroxylation sites is 1. The molecule has 110 valence electrons. The van der Waals surface area contributed by atoms with Gasteiger partial charge in [0.1, 0.15) is 32.0 Å². The lowest BCUT2D eigenvalue weighted by atomic mass is 10.2. The lowest BCUT2D eigenvalue weighted by molar-refractivity contribution is -0.908. The number of rotatable bonds is 6. The number of hydrogen-bond acceptors (Lipinski definition) is 4. The SMILES string of the molecule is Cc1ccccc1OCC(=O)OCC[NH+]1CCOCC1. The second-order valence-corrected chi connectivity index (χ2v) is 4.89. The smallest absolute Gasteiger partial charge is 0.344 e. The highest BCUT2D eigenvalue weighted by Crippen LogP contribution is 2.15. The Morgan fingerprint density at radius 3 is 2.80 bits per heavy atom. The largest absolute Gasteiger partial charge is 0.482 e. The third kappa shape index (κ3) is 4.83. The fourth-order valence-electron chi connectivity index (χ4n) is 2.12. The molecule has 1 fully saturated rings. The van der Waals surface area contributed by atoms with E-state index in [9.17, 15) is 4.79 Å². The summed E-state index contributed by atoms with van der Waals surface area (Å²) in [5.74, 6) is 0.407. The van der Waals surface area contributed by atoms with E-state index in [4.69, 9.17) is 14.2 Å². The van der Waals surface area contributed by atoms with Gasteiger partial charge in [-0.15, -0.1) is 0 Å². The average molecular weight is 280 g/mol. The predicted molar refractivity (Wildman–Crippen MR) is 74.0 cm³/mol. The van der Waals surface area contributed by atoms with Gasteiger partial charge in [-0.1, -0.05) is 18.2 Å². The van der Waals surface area contributed by atoms with Crippen molar-refractivity contribution in [1.29, 1.82) is 0 Å². The monoisotopic (exact) mass is 280 g/mol. The van der Waals surface area contributed by atoms with Crippen LogP contribution in [-0.4, -0.2) is 52.0 Å². The second-order valence-electron chi connectivity index (χ2n) is 4.89. The van der Waals surface area contributed by atoms with Gasteiger partial charge in [0.2, 0.25) is 0 Å². The van der Waals surface area contributed by atoms with E-state index in [0.29, 0.717) is 6.61 Å². The second kappa shape index (κ2) is 7.87. The number of nitrogens with one attached hydrogen (secondary N) is 1. The van der Waals surface area contributed by atoms with E-state index in [2.05, 4.69) is 0 Å². The van der Waals surface area contributed by atoms with E-state index in [0.717, 1.165) is 44.2 Å². The number of aryl methyl sites for hydroxylation is 1. The Hall–Kier alpha value is -1.59. The number of ether oxygens (including phenoxy) is 3. The van der Waals surface area contributed by atoms with E-state index in [1.807, 2.05) is 31.2 Å². The average Bonchev–Trinajstić information content (AvgIpc) is 2.47. The highest BCUT2D eigenvalue weighted by molar-refractivity contribution is 5.71. The summed E-state index contributed by atoms with van der Waals surface area (Å²) in [5.41, 5.74) is 1.01. The van der Waals surface area contributed by atoms with Gasteiger partial charge in [-0.25, -0.2) is 4.79 Å². The third-order valence-electron chi connectivity index (χ3n) is 3.36. The van der Waals surface area contributed by atoms with Crippen LogP contribution < -0.4 is 9.64 Å². The van der Waals surface area contributed by atoms with Crippen LogP contribution in [0.5, 0.6) is 5.75 Å². The molecule has 1 heterocycles. The van der Waals surface area contributed by atoms with Gasteiger partial charge in [-0.05, 0) is 18.6 Å². The molecular weight excluding hydrogens is 258 g/mol. The first kappa shape index (κ1) is 14.8. The molecule has 0 atom stereocenters. The Morgan fingerprint density at radius 1 is 1.30 bits per heavy atom. The maximum Gasteiger partial charge on any atom is 0.344 e. The molecular formula is C15H22NO4+. The summed E-state index contributed by atoms with van der Waals surface area (Å²) >= 11 is 0. The maximum atomic E-state index is 11.6. The molecule has 0 aliphatic carbocycles. The van der Waals surface area contributed by atoms with E-state index in [-0.39, 0.29) is 12.6 Å². The van der Waals surface area contributed by atoms with Gasteiger partial charge in [0, 0.05) is 0 Å². The van der Waals surface area contributed by atoms with Crippen molar-refractivity contribution in [2.24, 2.45) is 0 Å². The van der Waals surface area contributed by atoms with Gasteiger partial charge in [0.15, 0.2) is 6.61 Å². The normalized spacial score (nSPS) is 15.8. The number of quaternary nitrogens is 1. The summed E-state index contributed by atoms with van der Waals surface area (Å²) in [4.78, 5) is 13.0. The number of carbonyl (C=O) groups excluding carboxylic acids is 1. The molecule has 2 rings (SSSR count). The van der Waals surface area contributed by atoms with E-state index in [1.54, 1.807) is 0 Å². The maximum absolute atomic E-state index is 11.6. The molecule has 0 amide bonds. The Bertz CT molecular complexity index is 430. The van der Waals surface area contributed by atoms with Gasteiger partial charge in [0.05, 0.1) is 13.2 Å². The lowest BCUT2D eigenvalue weighted by Gasteiger charge is -2.23. The number of carbonyl (C=O) groups is 1.